The lowest BCUT2D eigenvalue weighted by molar-refractivity contribution is -0.140. The minimum absolute atomic E-state index is 0.172. The number of alkyl halides is 3. The third-order valence-corrected chi connectivity index (χ3v) is 4.43. The number of carbonyl (C=O) groups is 1. The molecule has 154 valence electrons. The molecule has 0 spiro atoms. The van der Waals surface area contributed by atoms with Gasteiger partial charge in [-0.25, -0.2) is 4.98 Å². The molecule has 0 atom stereocenters. The summed E-state index contributed by atoms with van der Waals surface area (Å²) >= 11 is 0. The number of nitrogen functional groups attached to an aromatic ring is 1. The van der Waals surface area contributed by atoms with E-state index < -0.39 is 17.8 Å². The highest BCUT2D eigenvalue weighted by Gasteiger charge is 2.34. The van der Waals surface area contributed by atoms with Crippen LogP contribution < -0.4 is 16.4 Å². The van der Waals surface area contributed by atoms with Crippen LogP contribution in [0.1, 0.15) is 16.1 Å². The van der Waals surface area contributed by atoms with E-state index in [0.717, 1.165) is 6.20 Å². The summed E-state index contributed by atoms with van der Waals surface area (Å²) in [5.74, 6) is 0.261. The van der Waals surface area contributed by atoms with E-state index in [2.05, 4.69) is 20.7 Å². The summed E-state index contributed by atoms with van der Waals surface area (Å²) in [6.07, 6.45) is -2.22. The van der Waals surface area contributed by atoms with Crippen molar-refractivity contribution in [3.05, 3.63) is 66.1 Å². The summed E-state index contributed by atoms with van der Waals surface area (Å²) in [6, 6.07) is 11.4. The summed E-state index contributed by atoms with van der Waals surface area (Å²) in [7, 11) is 1.63. The van der Waals surface area contributed by atoms with Crippen molar-refractivity contribution < 1.29 is 18.0 Å². The molecular formula is C19H16F3N7O. The molecule has 0 saturated carbocycles. The molecule has 0 fully saturated rings. The van der Waals surface area contributed by atoms with E-state index in [9.17, 15) is 18.0 Å². The van der Waals surface area contributed by atoms with Gasteiger partial charge in [-0.3, -0.25) is 13.9 Å². The lowest BCUT2D eigenvalue weighted by Crippen LogP contribution is -2.13. The van der Waals surface area contributed by atoms with Crippen LogP contribution >= 0.6 is 0 Å². The van der Waals surface area contributed by atoms with Crippen molar-refractivity contribution in [2.75, 3.05) is 16.4 Å². The van der Waals surface area contributed by atoms with Crippen molar-refractivity contribution in [1.82, 2.24) is 19.2 Å². The van der Waals surface area contributed by atoms with Crippen LogP contribution in [0.5, 0.6) is 0 Å². The second-order valence-corrected chi connectivity index (χ2v) is 6.49. The van der Waals surface area contributed by atoms with Crippen LogP contribution in [-0.4, -0.2) is 25.1 Å². The SMILES string of the molecule is Cn1ncc(C(=O)Nc2ccc(Nc3cccc4nc(C(F)(F)F)cn34)cc2)c1N. The number of nitrogens with one attached hydrogen (secondary N) is 2. The molecule has 0 aliphatic carbocycles. The Morgan fingerprint density at radius 3 is 2.43 bits per heavy atom. The number of anilines is 4. The maximum Gasteiger partial charge on any atom is 0.434 e. The molecule has 3 aromatic heterocycles. The highest BCUT2D eigenvalue weighted by atomic mass is 19.4. The van der Waals surface area contributed by atoms with Gasteiger partial charge in [0.25, 0.3) is 5.91 Å². The Morgan fingerprint density at radius 1 is 1.10 bits per heavy atom. The molecule has 8 nitrogen and oxygen atoms in total. The molecule has 0 aliphatic heterocycles. The first kappa shape index (κ1) is 19.3. The first-order valence-corrected chi connectivity index (χ1v) is 8.73. The van der Waals surface area contributed by atoms with Gasteiger partial charge in [0.1, 0.15) is 22.8 Å². The lowest BCUT2D eigenvalue weighted by Gasteiger charge is -2.10. The minimum Gasteiger partial charge on any atom is -0.383 e. The number of aryl methyl sites for hydroxylation is 1. The second-order valence-electron chi connectivity index (χ2n) is 6.49. The molecule has 4 N–H and O–H groups in total. The third kappa shape index (κ3) is 3.64. The number of nitrogens with two attached hydrogens (primary N) is 1. The number of hydrogen-bond acceptors (Lipinski definition) is 5. The van der Waals surface area contributed by atoms with Gasteiger partial charge in [0.05, 0.1) is 6.20 Å². The van der Waals surface area contributed by atoms with Crippen LogP contribution in [0.25, 0.3) is 5.65 Å². The summed E-state index contributed by atoms with van der Waals surface area (Å²) in [5.41, 5.74) is 6.39. The number of nitrogens with zero attached hydrogens (tertiary/aromatic N) is 4. The van der Waals surface area contributed by atoms with Gasteiger partial charge in [-0.15, -0.1) is 0 Å². The Kier molecular flexibility index (Phi) is 4.57. The summed E-state index contributed by atoms with van der Waals surface area (Å²) in [4.78, 5) is 15.9. The van der Waals surface area contributed by atoms with Crippen molar-refractivity contribution in [2.45, 2.75) is 6.18 Å². The molecule has 11 heteroatoms. The average Bonchev–Trinajstić information content (AvgIpc) is 3.28. The van der Waals surface area contributed by atoms with Gasteiger partial charge in [0.2, 0.25) is 0 Å². The highest BCUT2D eigenvalue weighted by Crippen LogP contribution is 2.30. The fourth-order valence-corrected chi connectivity index (χ4v) is 2.85. The molecule has 30 heavy (non-hydrogen) atoms. The lowest BCUT2D eigenvalue weighted by atomic mass is 10.2. The van der Waals surface area contributed by atoms with Gasteiger partial charge in [-0.05, 0) is 36.4 Å². The Morgan fingerprint density at radius 2 is 1.80 bits per heavy atom. The third-order valence-electron chi connectivity index (χ3n) is 4.43. The standard InChI is InChI=1S/C19H16F3N7O/c1-28-17(23)13(9-24-28)18(30)26-12-7-5-11(6-8-12)25-15-3-2-4-16-27-14(10-29(15)16)19(20,21)22/h2-10,25H,23H2,1H3,(H,26,30). The number of fused-ring (bicyclic) bond motifs is 1. The molecule has 1 amide bonds. The van der Waals surface area contributed by atoms with Crippen LogP contribution in [0.4, 0.5) is 36.2 Å². The van der Waals surface area contributed by atoms with Gasteiger partial charge < -0.3 is 16.4 Å². The molecule has 4 rings (SSSR count). The number of halogens is 3. The number of amides is 1. The molecule has 0 radical (unpaired) electrons. The van der Waals surface area contributed by atoms with E-state index in [1.54, 1.807) is 43.4 Å². The topological polar surface area (TPSA) is 102 Å². The van der Waals surface area contributed by atoms with E-state index in [1.807, 2.05) is 0 Å². The Labute approximate surface area is 168 Å². The smallest absolute Gasteiger partial charge is 0.383 e. The van der Waals surface area contributed by atoms with Crippen LogP contribution in [0.3, 0.4) is 0 Å². The molecule has 4 aromatic rings. The zero-order valence-electron chi connectivity index (χ0n) is 15.6. The molecule has 0 saturated heterocycles. The first-order chi connectivity index (χ1) is 14.2. The van der Waals surface area contributed by atoms with Crippen LogP contribution in [-0.2, 0) is 13.2 Å². The number of pyridine rings is 1. The van der Waals surface area contributed by atoms with E-state index in [1.165, 1.54) is 21.3 Å². The number of aromatic nitrogens is 4. The molecule has 1 aromatic carbocycles. The Bertz CT molecular complexity index is 1230. The van der Waals surface area contributed by atoms with Gasteiger partial charge >= 0.3 is 6.18 Å². The zero-order chi connectivity index (χ0) is 21.5. The predicted molar refractivity (Wildman–Crippen MR) is 105 cm³/mol. The second kappa shape index (κ2) is 7.10. The number of rotatable bonds is 4. The average molecular weight is 415 g/mol. The number of imidazole rings is 1. The molecule has 0 aliphatic rings. The van der Waals surface area contributed by atoms with Gasteiger partial charge in [0, 0.05) is 24.6 Å². The van der Waals surface area contributed by atoms with Crippen molar-refractivity contribution in [2.24, 2.45) is 7.05 Å². The molecule has 3 heterocycles. The largest absolute Gasteiger partial charge is 0.434 e. The Hall–Kier alpha value is -4.02. The minimum atomic E-state index is -4.53. The first-order valence-electron chi connectivity index (χ1n) is 8.73. The van der Waals surface area contributed by atoms with Gasteiger partial charge in [-0.2, -0.15) is 18.3 Å². The van der Waals surface area contributed by atoms with Crippen molar-refractivity contribution in [1.29, 1.82) is 0 Å². The van der Waals surface area contributed by atoms with Gasteiger partial charge in [-0.1, -0.05) is 6.07 Å². The van der Waals surface area contributed by atoms with E-state index in [4.69, 9.17) is 5.73 Å². The van der Waals surface area contributed by atoms with Crippen LogP contribution in [0.2, 0.25) is 0 Å². The molecular weight excluding hydrogens is 399 g/mol. The zero-order valence-corrected chi connectivity index (χ0v) is 15.6. The molecule has 0 bridgehead atoms. The summed E-state index contributed by atoms with van der Waals surface area (Å²) in [6.45, 7) is 0. The fourth-order valence-electron chi connectivity index (χ4n) is 2.85. The monoisotopic (exact) mass is 415 g/mol. The number of hydrogen-bond donors (Lipinski definition) is 3. The summed E-state index contributed by atoms with van der Waals surface area (Å²) < 4.78 is 41.5. The normalized spacial score (nSPS) is 11.6. The van der Waals surface area contributed by atoms with E-state index >= 15 is 0 Å². The van der Waals surface area contributed by atoms with E-state index in [0.29, 0.717) is 17.2 Å². The summed E-state index contributed by atoms with van der Waals surface area (Å²) in [5, 5.41) is 9.68. The fraction of sp³-hybridized carbons (Fsp3) is 0.105. The van der Waals surface area contributed by atoms with Crippen molar-refractivity contribution >= 4 is 34.6 Å². The highest BCUT2D eigenvalue weighted by molar-refractivity contribution is 6.07. The quantitative estimate of drug-likeness (QED) is 0.472. The maximum absolute atomic E-state index is 12.9. The Balaban J connectivity index is 1.52. The number of benzene rings is 1. The van der Waals surface area contributed by atoms with Crippen LogP contribution in [0, 0.1) is 0 Å². The van der Waals surface area contributed by atoms with Crippen molar-refractivity contribution in [3.63, 3.8) is 0 Å². The van der Waals surface area contributed by atoms with E-state index in [-0.39, 0.29) is 17.0 Å². The molecule has 0 unspecified atom stereocenters. The van der Waals surface area contributed by atoms with Crippen LogP contribution in [0.15, 0.2) is 54.9 Å². The van der Waals surface area contributed by atoms with Gasteiger partial charge in [0.15, 0.2) is 5.69 Å². The maximum atomic E-state index is 12.9. The van der Waals surface area contributed by atoms with Crippen molar-refractivity contribution in [3.8, 4) is 0 Å². The predicted octanol–water partition coefficient (Wildman–Crippen LogP) is 3.66. The number of carbonyl (C=O) groups excluding carboxylic acids is 1.